The van der Waals surface area contributed by atoms with Gasteiger partial charge in [0.1, 0.15) is 11.5 Å². The summed E-state index contributed by atoms with van der Waals surface area (Å²) >= 11 is 0. The lowest BCUT2D eigenvalue weighted by Crippen LogP contribution is -2.47. The van der Waals surface area contributed by atoms with Gasteiger partial charge in [0.05, 0.1) is 5.69 Å². The normalized spacial score (nSPS) is 17.5. The average Bonchev–Trinajstić information content (AvgIpc) is 3.46. The minimum Gasteiger partial charge on any atom is -0.366 e. The maximum absolute atomic E-state index is 13.9. The number of rotatable bonds is 4. The van der Waals surface area contributed by atoms with Crippen LogP contribution in [0.4, 0.5) is 16.0 Å². The van der Waals surface area contributed by atoms with E-state index >= 15 is 0 Å². The molecule has 1 aromatic heterocycles. The number of carbonyl (C=O) groups excluding carboxylic acids is 1. The number of aromatic nitrogens is 2. The van der Waals surface area contributed by atoms with Gasteiger partial charge in [0.15, 0.2) is 0 Å². The van der Waals surface area contributed by atoms with E-state index in [9.17, 15) is 9.18 Å². The van der Waals surface area contributed by atoms with Crippen LogP contribution in [0.25, 0.3) is 0 Å². The van der Waals surface area contributed by atoms with E-state index in [-0.39, 0.29) is 11.7 Å². The molecule has 4 rings (SSSR count). The van der Waals surface area contributed by atoms with Crippen molar-refractivity contribution in [3.63, 3.8) is 0 Å². The largest absolute Gasteiger partial charge is 0.366 e. The molecule has 7 heteroatoms. The number of halogens is 1. The number of piperazine rings is 1. The Labute approximate surface area is 145 Å². The Kier molecular flexibility index (Phi) is 4.21. The van der Waals surface area contributed by atoms with E-state index in [1.54, 1.807) is 24.4 Å². The third-order valence-corrected chi connectivity index (χ3v) is 4.54. The lowest BCUT2D eigenvalue weighted by molar-refractivity contribution is 0.0946. The molecule has 0 radical (unpaired) electrons. The monoisotopic (exact) mass is 341 g/mol. The van der Waals surface area contributed by atoms with Crippen LogP contribution in [-0.2, 0) is 0 Å². The van der Waals surface area contributed by atoms with Gasteiger partial charge < -0.3 is 15.1 Å². The zero-order valence-corrected chi connectivity index (χ0v) is 13.9. The van der Waals surface area contributed by atoms with E-state index in [1.165, 1.54) is 6.07 Å². The number of carbonyl (C=O) groups is 1. The lowest BCUT2D eigenvalue weighted by atomic mass is 10.2. The van der Waals surface area contributed by atoms with Gasteiger partial charge in [-0.1, -0.05) is 12.1 Å². The van der Waals surface area contributed by atoms with Crippen molar-refractivity contribution in [3.8, 4) is 0 Å². The highest BCUT2D eigenvalue weighted by Crippen LogP contribution is 2.22. The molecule has 0 unspecified atom stereocenters. The van der Waals surface area contributed by atoms with Gasteiger partial charge >= 0.3 is 0 Å². The molecule has 1 aliphatic carbocycles. The van der Waals surface area contributed by atoms with E-state index in [4.69, 9.17) is 0 Å². The number of nitrogens with zero attached hydrogens (tertiary/aromatic N) is 4. The maximum atomic E-state index is 13.9. The summed E-state index contributed by atoms with van der Waals surface area (Å²) in [6, 6.07) is 8.75. The van der Waals surface area contributed by atoms with Crippen LogP contribution >= 0.6 is 0 Å². The van der Waals surface area contributed by atoms with Crippen LogP contribution in [-0.4, -0.2) is 48.1 Å². The Morgan fingerprint density at radius 1 is 1.08 bits per heavy atom. The van der Waals surface area contributed by atoms with E-state index in [0.717, 1.165) is 12.8 Å². The molecule has 1 saturated carbocycles. The van der Waals surface area contributed by atoms with Crippen molar-refractivity contribution in [2.24, 2.45) is 0 Å². The molecule has 1 aliphatic heterocycles. The first-order valence-corrected chi connectivity index (χ1v) is 8.59. The van der Waals surface area contributed by atoms with Gasteiger partial charge in [-0.25, -0.2) is 14.4 Å². The number of nitrogens with one attached hydrogen (secondary N) is 1. The highest BCUT2D eigenvalue weighted by molar-refractivity contribution is 5.92. The molecule has 2 fully saturated rings. The van der Waals surface area contributed by atoms with Gasteiger partial charge in [-0.2, -0.15) is 0 Å². The van der Waals surface area contributed by atoms with E-state index in [2.05, 4.69) is 15.3 Å². The first-order chi connectivity index (χ1) is 12.2. The molecule has 0 atom stereocenters. The molecule has 2 aromatic rings. The average molecular weight is 341 g/mol. The number of benzene rings is 1. The van der Waals surface area contributed by atoms with Crippen LogP contribution in [0.15, 0.2) is 36.5 Å². The molecule has 1 saturated heterocycles. The predicted molar refractivity (Wildman–Crippen MR) is 93.3 cm³/mol. The summed E-state index contributed by atoms with van der Waals surface area (Å²) < 4.78 is 13.9. The van der Waals surface area contributed by atoms with E-state index in [0.29, 0.717) is 49.6 Å². The lowest BCUT2D eigenvalue weighted by Gasteiger charge is -2.36. The molecular weight excluding hydrogens is 321 g/mol. The van der Waals surface area contributed by atoms with Crippen LogP contribution in [0, 0.1) is 5.82 Å². The van der Waals surface area contributed by atoms with Gasteiger partial charge in [-0.3, -0.25) is 4.79 Å². The highest BCUT2D eigenvalue weighted by Gasteiger charge is 2.25. The third-order valence-electron chi connectivity index (χ3n) is 4.54. The van der Waals surface area contributed by atoms with Crippen LogP contribution in [0.2, 0.25) is 0 Å². The van der Waals surface area contributed by atoms with Crippen molar-refractivity contribution in [2.45, 2.75) is 18.9 Å². The van der Waals surface area contributed by atoms with Gasteiger partial charge in [0, 0.05) is 38.4 Å². The summed E-state index contributed by atoms with van der Waals surface area (Å²) in [6.07, 6.45) is 3.71. The van der Waals surface area contributed by atoms with Crippen molar-refractivity contribution in [1.29, 1.82) is 0 Å². The highest BCUT2D eigenvalue weighted by atomic mass is 19.1. The Balaban J connectivity index is 1.42. The van der Waals surface area contributed by atoms with Gasteiger partial charge in [0.2, 0.25) is 5.95 Å². The quantitative estimate of drug-likeness (QED) is 0.919. The predicted octanol–water partition coefficient (Wildman–Crippen LogP) is 1.83. The fourth-order valence-electron chi connectivity index (χ4n) is 2.97. The molecule has 2 aliphatic rings. The molecular formula is C18H20FN5O. The van der Waals surface area contributed by atoms with Gasteiger partial charge in [0.25, 0.3) is 5.91 Å². The maximum Gasteiger partial charge on any atom is 0.270 e. The minimum atomic E-state index is -0.203. The van der Waals surface area contributed by atoms with Crippen LogP contribution in [0.1, 0.15) is 23.3 Å². The summed E-state index contributed by atoms with van der Waals surface area (Å²) in [5.41, 5.74) is 1.02. The summed E-state index contributed by atoms with van der Waals surface area (Å²) in [4.78, 5) is 24.9. The smallest absolute Gasteiger partial charge is 0.270 e. The van der Waals surface area contributed by atoms with Gasteiger partial charge in [-0.05, 0) is 31.0 Å². The zero-order chi connectivity index (χ0) is 17.2. The van der Waals surface area contributed by atoms with Crippen LogP contribution < -0.4 is 15.1 Å². The Hall–Kier alpha value is -2.70. The molecule has 0 spiro atoms. The SMILES string of the molecule is O=C(NC1CC1)c1ccnc(N2CCN(c3ccccc3F)CC2)n1. The molecule has 2 heterocycles. The fourth-order valence-corrected chi connectivity index (χ4v) is 2.97. The molecule has 130 valence electrons. The molecule has 1 aromatic carbocycles. The van der Waals surface area contributed by atoms with Crippen LogP contribution in [0.3, 0.4) is 0 Å². The zero-order valence-electron chi connectivity index (χ0n) is 13.9. The van der Waals surface area contributed by atoms with Crippen molar-refractivity contribution in [3.05, 3.63) is 48.0 Å². The molecule has 1 N–H and O–H groups in total. The second-order valence-electron chi connectivity index (χ2n) is 6.42. The summed E-state index contributed by atoms with van der Waals surface area (Å²) in [6.45, 7) is 2.73. The number of hydrogen-bond acceptors (Lipinski definition) is 5. The molecule has 25 heavy (non-hydrogen) atoms. The fraction of sp³-hybridized carbons (Fsp3) is 0.389. The standard InChI is InChI=1S/C18H20FN5O/c19-14-3-1-2-4-16(14)23-9-11-24(12-10-23)18-20-8-7-15(22-18)17(25)21-13-5-6-13/h1-4,7-8,13H,5-6,9-12H2,(H,21,25). The number of hydrogen-bond donors (Lipinski definition) is 1. The Morgan fingerprint density at radius 3 is 2.52 bits per heavy atom. The Morgan fingerprint density at radius 2 is 1.80 bits per heavy atom. The number of amides is 1. The topological polar surface area (TPSA) is 61.4 Å². The van der Waals surface area contributed by atoms with Crippen molar-refractivity contribution >= 4 is 17.5 Å². The summed E-state index contributed by atoms with van der Waals surface area (Å²) in [5.74, 6) is 0.207. The number of para-hydroxylation sites is 1. The van der Waals surface area contributed by atoms with Crippen molar-refractivity contribution in [1.82, 2.24) is 15.3 Å². The summed E-state index contributed by atoms with van der Waals surface area (Å²) in [7, 11) is 0. The summed E-state index contributed by atoms with van der Waals surface area (Å²) in [5, 5.41) is 2.94. The van der Waals surface area contributed by atoms with Crippen molar-refractivity contribution in [2.75, 3.05) is 36.0 Å². The number of anilines is 2. The van der Waals surface area contributed by atoms with Crippen LogP contribution in [0.5, 0.6) is 0 Å². The molecule has 1 amide bonds. The molecule has 6 nitrogen and oxygen atoms in total. The van der Waals surface area contributed by atoms with Gasteiger partial charge in [-0.15, -0.1) is 0 Å². The third kappa shape index (κ3) is 3.55. The van der Waals surface area contributed by atoms with E-state index < -0.39 is 0 Å². The first-order valence-electron chi connectivity index (χ1n) is 8.59. The van der Waals surface area contributed by atoms with E-state index in [1.807, 2.05) is 15.9 Å². The molecule has 0 bridgehead atoms. The minimum absolute atomic E-state index is 0.142. The second kappa shape index (κ2) is 6.66. The first kappa shape index (κ1) is 15.8. The Bertz CT molecular complexity index is 772. The second-order valence-corrected chi connectivity index (χ2v) is 6.42. The van der Waals surface area contributed by atoms with Crippen molar-refractivity contribution < 1.29 is 9.18 Å².